The number of nitrogens with zero attached hydrogens (tertiary/aromatic N) is 3. The average molecular weight is 658 g/mol. The Balaban J connectivity index is 1.27. The average Bonchev–Trinajstić information content (AvgIpc) is 3.42. The topological polar surface area (TPSA) is 115 Å². The number of hydrogen-bond donors (Lipinski definition) is 4. The molecule has 10 nitrogen and oxygen atoms in total. The minimum atomic E-state index is -0.306. The van der Waals surface area contributed by atoms with Crippen molar-refractivity contribution in [1.29, 1.82) is 0 Å². The molecule has 0 aliphatic carbocycles. The van der Waals surface area contributed by atoms with E-state index in [0.29, 0.717) is 47.2 Å². The first kappa shape index (κ1) is 34.0. The van der Waals surface area contributed by atoms with E-state index in [2.05, 4.69) is 68.5 Å². The molecule has 47 heavy (non-hydrogen) atoms. The zero-order valence-corrected chi connectivity index (χ0v) is 28.4. The molecule has 0 saturated carbocycles. The number of carbonyl (C=O) groups excluding carboxylic acids is 2. The summed E-state index contributed by atoms with van der Waals surface area (Å²) < 4.78 is 5.57. The number of likely N-dealkylation sites (N-methyl/N-ethyl adjacent to an activating group) is 1. The van der Waals surface area contributed by atoms with Gasteiger partial charge in [0.25, 0.3) is 5.91 Å². The van der Waals surface area contributed by atoms with Gasteiger partial charge in [0.05, 0.1) is 40.3 Å². The number of nitrogens with one attached hydrogen (secondary N) is 4. The Morgan fingerprint density at radius 3 is 2.81 bits per heavy atom. The number of halogens is 1. The van der Waals surface area contributed by atoms with Crippen molar-refractivity contribution in [2.75, 3.05) is 65.3 Å². The zero-order chi connectivity index (χ0) is 33.4. The van der Waals surface area contributed by atoms with Crippen molar-refractivity contribution in [3.63, 3.8) is 0 Å². The van der Waals surface area contributed by atoms with Gasteiger partial charge >= 0.3 is 0 Å². The van der Waals surface area contributed by atoms with Crippen molar-refractivity contribution < 1.29 is 14.3 Å². The van der Waals surface area contributed by atoms with Crippen LogP contribution in [-0.2, 0) is 11.2 Å². The minimum absolute atomic E-state index is 0.0647. The summed E-state index contributed by atoms with van der Waals surface area (Å²) in [5, 5.41) is 9.84. The molecule has 2 aliphatic rings. The molecule has 0 unspecified atom stereocenters. The summed E-state index contributed by atoms with van der Waals surface area (Å²) in [6, 6.07) is 7.35. The zero-order valence-electron chi connectivity index (χ0n) is 27.6. The monoisotopic (exact) mass is 657 g/mol. The minimum Gasteiger partial charge on any atom is -0.493 e. The highest BCUT2D eigenvalue weighted by molar-refractivity contribution is 6.32. The molecule has 4 heterocycles. The van der Waals surface area contributed by atoms with Crippen LogP contribution in [0.4, 0.5) is 11.4 Å². The van der Waals surface area contributed by atoms with Crippen LogP contribution >= 0.6 is 11.6 Å². The van der Waals surface area contributed by atoms with Gasteiger partial charge in [0.2, 0.25) is 5.91 Å². The fourth-order valence-corrected chi connectivity index (χ4v) is 6.06. The summed E-state index contributed by atoms with van der Waals surface area (Å²) >= 11 is 6.41. The van der Waals surface area contributed by atoms with Gasteiger partial charge in [-0.05, 0) is 51.9 Å². The van der Waals surface area contributed by atoms with E-state index in [9.17, 15) is 9.59 Å². The largest absolute Gasteiger partial charge is 0.493 e. The second-order valence-corrected chi connectivity index (χ2v) is 13.0. The van der Waals surface area contributed by atoms with Crippen LogP contribution in [0.3, 0.4) is 0 Å². The van der Waals surface area contributed by atoms with Crippen molar-refractivity contribution in [3.05, 3.63) is 70.7 Å². The molecule has 2 aromatic heterocycles. The van der Waals surface area contributed by atoms with E-state index in [1.165, 1.54) is 0 Å². The number of carbonyl (C=O) groups is 2. The highest BCUT2D eigenvalue weighted by atomic mass is 35.5. The van der Waals surface area contributed by atoms with Gasteiger partial charge in [-0.15, -0.1) is 0 Å². The lowest BCUT2D eigenvalue weighted by atomic mass is 9.88. The van der Waals surface area contributed by atoms with Crippen LogP contribution in [-0.4, -0.2) is 91.6 Å². The number of piperazine rings is 1. The quantitative estimate of drug-likeness (QED) is 0.133. The maximum absolute atomic E-state index is 13.1. The van der Waals surface area contributed by atoms with E-state index in [1.54, 1.807) is 31.6 Å². The Bertz CT molecular complexity index is 1680. The molecule has 0 spiro atoms. The number of aromatic amines is 1. The Kier molecular flexibility index (Phi) is 11.2. The molecule has 4 N–H and O–H groups in total. The summed E-state index contributed by atoms with van der Waals surface area (Å²) in [6.07, 6.45) is 9.33. The van der Waals surface area contributed by atoms with Gasteiger partial charge in [0.1, 0.15) is 0 Å². The van der Waals surface area contributed by atoms with Gasteiger partial charge in [-0.25, -0.2) is 0 Å². The Morgan fingerprint density at radius 2 is 2.02 bits per heavy atom. The molecule has 11 heteroatoms. The molecule has 5 rings (SSSR count). The number of fused-ring (bicyclic) bond motifs is 1. The number of methoxy groups -OCH3 is 1. The van der Waals surface area contributed by atoms with Gasteiger partial charge in [-0.2, -0.15) is 0 Å². The van der Waals surface area contributed by atoms with Crippen LogP contribution in [0, 0.1) is 17.3 Å². The van der Waals surface area contributed by atoms with Crippen LogP contribution in [0.5, 0.6) is 5.75 Å². The first-order chi connectivity index (χ1) is 22.6. The fraction of sp³-hybridized carbons (Fsp3) is 0.417. The SMILES string of the molecule is COc1c(Cl)cccc1Nc1c(-c2ccncc2C#CC(C)(C)CCCNC(=O)/C=C/CN2CCN(C)CC2)[nH]c2c1C(=O)NCC2. The first-order valence-electron chi connectivity index (χ1n) is 16.1. The van der Waals surface area contributed by atoms with Gasteiger partial charge in [0, 0.05) is 87.4 Å². The van der Waals surface area contributed by atoms with Crippen LogP contribution in [0.25, 0.3) is 11.3 Å². The van der Waals surface area contributed by atoms with Crippen molar-refractivity contribution in [1.82, 2.24) is 30.4 Å². The van der Waals surface area contributed by atoms with E-state index >= 15 is 0 Å². The number of para-hydroxylation sites is 1. The fourth-order valence-electron chi connectivity index (χ4n) is 5.81. The number of pyridine rings is 1. The second-order valence-electron chi connectivity index (χ2n) is 12.6. The van der Waals surface area contributed by atoms with Gasteiger partial charge in [0.15, 0.2) is 5.75 Å². The molecule has 1 fully saturated rings. The highest BCUT2D eigenvalue weighted by Gasteiger charge is 2.28. The summed E-state index contributed by atoms with van der Waals surface area (Å²) in [4.78, 5) is 38.0. The molecule has 2 aliphatic heterocycles. The molecule has 248 valence electrons. The molecular formula is C36H44ClN7O3. The van der Waals surface area contributed by atoms with E-state index in [0.717, 1.165) is 68.1 Å². The van der Waals surface area contributed by atoms with Crippen molar-refractivity contribution >= 4 is 34.8 Å². The number of rotatable bonds is 11. The maximum Gasteiger partial charge on any atom is 0.255 e. The van der Waals surface area contributed by atoms with Crippen molar-refractivity contribution in [3.8, 4) is 28.8 Å². The number of hydrogen-bond acceptors (Lipinski definition) is 7. The molecule has 3 aromatic rings. The second kappa shape index (κ2) is 15.5. The normalized spacial score (nSPS) is 15.5. The maximum atomic E-state index is 13.1. The smallest absolute Gasteiger partial charge is 0.255 e. The molecule has 2 amide bonds. The van der Waals surface area contributed by atoms with Crippen molar-refractivity contribution in [2.45, 2.75) is 33.1 Å². The van der Waals surface area contributed by atoms with Crippen LogP contribution < -0.4 is 20.7 Å². The molecular weight excluding hydrogens is 614 g/mol. The molecule has 0 radical (unpaired) electrons. The van der Waals surface area contributed by atoms with E-state index < -0.39 is 0 Å². The van der Waals surface area contributed by atoms with E-state index in [-0.39, 0.29) is 17.2 Å². The predicted molar refractivity (Wildman–Crippen MR) is 187 cm³/mol. The molecule has 0 atom stereocenters. The first-order valence-corrected chi connectivity index (χ1v) is 16.5. The summed E-state index contributed by atoms with van der Waals surface area (Å²) in [7, 11) is 3.70. The predicted octanol–water partition coefficient (Wildman–Crippen LogP) is 4.85. The van der Waals surface area contributed by atoms with E-state index in [1.807, 2.05) is 24.3 Å². The lowest BCUT2D eigenvalue weighted by Gasteiger charge is -2.31. The number of anilines is 2. The summed E-state index contributed by atoms with van der Waals surface area (Å²) in [6.45, 7) is 10.3. The number of amides is 2. The standard InChI is InChI=1S/C36H44ClN7O3/c1-36(2,14-7-16-39-30(45)10-6-19-44-22-20-43(3)21-23-44)15-11-25-24-38-17-12-26(25)32-33(31-28(41-32)13-18-40-35(31)46)42-29-9-5-8-27(37)34(29)47-4/h5-6,8-10,12,17,24,41-42H,7,13-14,16,18-23H2,1-4H3,(H,39,45)(H,40,46)/b10-6+. The number of ether oxygens (including phenoxy) is 1. The van der Waals surface area contributed by atoms with Crippen LogP contribution in [0.15, 0.2) is 48.8 Å². The third-order valence-corrected chi connectivity index (χ3v) is 8.83. The Hall–Kier alpha value is -4.30. The number of aromatic nitrogens is 2. The Labute approximate surface area is 282 Å². The third-order valence-electron chi connectivity index (χ3n) is 8.53. The summed E-state index contributed by atoms with van der Waals surface area (Å²) in [5.74, 6) is 7.07. The molecule has 0 bridgehead atoms. The van der Waals surface area contributed by atoms with Crippen molar-refractivity contribution in [2.24, 2.45) is 5.41 Å². The number of benzene rings is 1. The number of H-pyrrole nitrogens is 1. The van der Waals surface area contributed by atoms with Gasteiger partial charge in [-0.1, -0.05) is 35.6 Å². The lowest BCUT2D eigenvalue weighted by molar-refractivity contribution is -0.116. The molecule has 1 aromatic carbocycles. The van der Waals surface area contributed by atoms with Gasteiger partial charge in [-0.3, -0.25) is 19.5 Å². The highest BCUT2D eigenvalue weighted by Crippen LogP contribution is 2.41. The third kappa shape index (κ3) is 8.74. The molecule has 1 saturated heterocycles. The Morgan fingerprint density at radius 1 is 1.21 bits per heavy atom. The summed E-state index contributed by atoms with van der Waals surface area (Å²) in [5.41, 5.74) is 4.66. The van der Waals surface area contributed by atoms with Crippen LogP contribution in [0.1, 0.15) is 48.3 Å². The van der Waals surface area contributed by atoms with Gasteiger partial charge < -0.3 is 30.6 Å². The van der Waals surface area contributed by atoms with Crippen LogP contribution in [0.2, 0.25) is 5.02 Å². The van der Waals surface area contributed by atoms with E-state index in [4.69, 9.17) is 16.3 Å². The lowest BCUT2D eigenvalue weighted by Crippen LogP contribution is -2.44.